The third kappa shape index (κ3) is 4.92. The van der Waals surface area contributed by atoms with Gasteiger partial charge in [0.25, 0.3) is 0 Å². The van der Waals surface area contributed by atoms with Crippen LogP contribution in [0.25, 0.3) is 10.9 Å². The van der Waals surface area contributed by atoms with Crippen molar-refractivity contribution >= 4 is 34.5 Å². The van der Waals surface area contributed by atoms with Gasteiger partial charge in [0.1, 0.15) is 17.4 Å². The lowest BCUT2D eigenvalue weighted by Crippen LogP contribution is -2.45. The van der Waals surface area contributed by atoms with E-state index in [2.05, 4.69) is 20.6 Å². The quantitative estimate of drug-likeness (QED) is 0.596. The Bertz CT molecular complexity index is 687. The smallest absolute Gasteiger partial charge is 0.242 e. The molecule has 0 radical (unpaired) electrons. The molecule has 0 fully saturated rings. The van der Waals surface area contributed by atoms with Crippen molar-refractivity contribution in [2.45, 2.75) is 31.3 Å². The number of carbonyl (C=O) groups excluding carboxylic acids is 2. The summed E-state index contributed by atoms with van der Waals surface area (Å²) in [6, 6.07) is 7.11. The van der Waals surface area contributed by atoms with Crippen LogP contribution in [0.5, 0.6) is 0 Å². The van der Waals surface area contributed by atoms with Gasteiger partial charge in [0.15, 0.2) is 0 Å². The van der Waals surface area contributed by atoms with Crippen LogP contribution in [0.4, 0.5) is 0 Å². The molecule has 0 aliphatic carbocycles. The predicted molar refractivity (Wildman–Crippen MR) is 91.2 cm³/mol. The summed E-state index contributed by atoms with van der Waals surface area (Å²) in [5.74, 6) is -0.165. The van der Waals surface area contributed by atoms with E-state index in [9.17, 15) is 9.59 Å². The molecule has 1 atom stereocenters. The first-order valence-electron chi connectivity index (χ1n) is 7.51. The summed E-state index contributed by atoms with van der Waals surface area (Å²) in [6.45, 7) is 4.26. The Kier molecular flexibility index (Phi) is 6.34. The zero-order valence-corrected chi connectivity index (χ0v) is 14.0. The number of fused-ring (bicyclic) bond motifs is 1. The number of benzene rings is 1. The highest BCUT2D eigenvalue weighted by Gasteiger charge is 2.15. The number of nitrogens with zero attached hydrogens (tertiary/aromatic N) is 2. The van der Waals surface area contributed by atoms with Crippen LogP contribution in [0.15, 0.2) is 35.6 Å². The highest BCUT2D eigenvalue weighted by atomic mass is 32.2. The van der Waals surface area contributed by atoms with Crippen molar-refractivity contribution in [3.63, 3.8) is 0 Å². The molecule has 1 heterocycles. The molecule has 23 heavy (non-hydrogen) atoms. The first kappa shape index (κ1) is 17.2. The van der Waals surface area contributed by atoms with Gasteiger partial charge in [-0.1, -0.05) is 36.9 Å². The van der Waals surface area contributed by atoms with Crippen molar-refractivity contribution in [1.82, 2.24) is 20.6 Å². The second-order valence-electron chi connectivity index (χ2n) is 5.06. The summed E-state index contributed by atoms with van der Waals surface area (Å²) in [4.78, 5) is 32.1. The van der Waals surface area contributed by atoms with E-state index in [0.717, 1.165) is 22.3 Å². The van der Waals surface area contributed by atoms with Gasteiger partial charge in [-0.3, -0.25) is 9.59 Å². The van der Waals surface area contributed by atoms with Gasteiger partial charge in [-0.25, -0.2) is 9.97 Å². The summed E-state index contributed by atoms with van der Waals surface area (Å²) in [6.07, 6.45) is 2.35. The largest absolute Gasteiger partial charge is 0.354 e. The van der Waals surface area contributed by atoms with Gasteiger partial charge in [-0.2, -0.15) is 0 Å². The molecule has 0 saturated carbocycles. The average molecular weight is 332 g/mol. The first-order valence-corrected chi connectivity index (χ1v) is 8.50. The van der Waals surface area contributed by atoms with Crippen LogP contribution in [0.1, 0.15) is 20.3 Å². The molecule has 2 N–H and O–H groups in total. The molecule has 0 aliphatic heterocycles. The minimum absolute atomic E-state index is 0.169. The molecule has 2 aromatic rings. The molecule has 2 amide bonds. The zero-order chi connectivity index (χ0) is 16.7. The molecular formula is C16H20N4O2S. The van der Waals surface area contributed by atoms with E-state index in [1.165, 1.54) is 18.1 Å². The standard InChI is InChI=1S/C16H20N4O2S/c1-3-8-17-15(22)11(2)20-14(21)9-23-16-12-6-4-5-7-13(12)18-10-19-16/h4-7,10-11H,3,8-9H2,1-2H3,(H,17,22)(H,20,21)/t11-/m1/s1. The Labute approximate surface area is 139 Å². The van der Waals surface area contributed by atoms with Gasteiger partial charge in [-0.15, -0.1) is 0 Å². The molecule has 2 rings (SSSR count). The minimum atomic E-state index is -0.545. The number of aromatic nitrogens is 2. The topological polar surface area (TPSA) is 84.0 Å². The predicted octanol–water partition coefficient (Wildman–Crippen LogP) is 1.75. The maximum Gasteiger partial charge on any atom is 0.242 e. The summed E-state index contributed by atoms with van der Waals surface area (Å²) in [5, 5.41) is 7.12. The van der Waals surface area contributed by atoms with Crippen molar-refractivity contribution in [1.29, 1.82) is 0 Å². The molecule has 6 nitrogen and oxygen atoms in total. The summed E-state index contributed by atoms with van der Waals surface area (Å²) >= 11 is 1.33. The normalized spacial score (nSPS) is 11.9. The van der Waals surface area contributed by atoms with Gasteiger partial charge < -0.3 is 10.6 Å². The maximum atomic E-state index is 12.0. The summed E-state index contributed by atoms with van der Waals surface area (Å²) in [7, 11) is 0. The molecule has 122 valence electrons. The van der Waals surface area contributed by atoms with Crippen molar-refractivity contribution in [3.8, 4) is 0 Å². The molecule has 0 unspecified atom stereocenters. The Morgan fingerprint density at radius 2 is 2.04 bits per heavy atom. The lowest BCUT2D eigenvalue weighted by molar-refractivity contribution is -0.127. The second kappa shape index (κ2) is 8.47. The monoisotopic (exact) mass is 332 g/mol. The van der Waals surface area contributed by atoms with E-state index < -0.39 is 6.04 Å². The number of amides is 2. The number of hydrogen-bond donors (Lipinski definition) is 2. The van der Waals surface area contributed by atoms with Crippen LogP contribution in [0, 0.1) is 0 Å². The fraction of sp³-hybridized carbons (Fsp3) is 0.375. The fourth-order valence-corrected chi connectivity index (χ4v) is 2.78. The van der Waals surface area contributed by atoms with Crippen LogP contribution < -0.4 is 10.6 Å². The van der Waals surface area contributed by atoms with E-state index in [4.69, 9.17) is 0 Å². The van der Waals surface area contributed by atoms with Gasteiger partial charge in [0.2, 0.25) is 11.8 Å². The Morgan fingerprint density at radius 3 is 2.83 bits per heavy atom. The van der Waals surface area contributed by atoms with Crippen molar-refractivity contribution in [3.05, 3.63) is 30.6 Å². The molecule has 0 spiro atoms. The van der Waals surface area contributed by atoms with Crippen LogP contribution in [-0.4, -0.2) is 40.1 Å². The number of nitrogens with one attached hydrogen (secondary N) is 2. The second-order valence-corrected chi connectivity index (χ2v) is 6.03. The van der Waals surface area contributed by atoms with Crippen molar-refractivity contribution < 1.29 is 9.59 Å². The lowest BCUT2D eigenvalue weighted by atomic mass is 10.2. The average Bonchev–Trinajstić information content (AvgIpc) is 2.57. The third-order valence-electron chi connectivity index (χ3n) is 3.17. The van der Waals surface area contributed by atoms with Crippen LogP contribution in [-0.2, 0) is 9.59 Å². The Hall–Kier alpha value is -2.15. The van der Waals surface area contributed by atoms with Crippen LogP contribution in [0.2, 0.25) is 0 Å². The van der Waals surface area contributed by atoms with Crippen LogP contribution in [0.3, 0.4) is 0 Å². The van der Waals surface area contributed by atoms with Gasteiger partial charge in [0.05, 0.1) is 11.3 Å². The molecule has 0 aliphatic rings. The number of para-hydroxylation sites is 1. The highest BCUT2D eigenvalue weighted by molar-refractivity contribution is 8.00. The zero-order valence-electron chi connectivity index (χ0n) is 13.2. The molecule has 1 aromatic carbocycles. The molecule has 0 bridgehead atoms. The number of hydrogen-bond acceptors (Lipinski definition) is 5. The number of thioether (sulfide) groups is 1. The first-order chi connectivity index (χ1) is 11.1. The van der Waals surface area contributed by atoms with Crippen LogP contribution >= 0.6 is 11.8 Å². The highest BCUT2D eigenvalue weighted by Crippen LogP contribution is 2.23. The molecule has 0 saturated heterocycles. The van der Waals surface area contributed by atoms with E-state index in [1.807, 2.05) is 31.2 Å². The van der Waals surface area contributed by atoms with E-state index in [0.29, 0.717) is 6.54 Å². The van der Waals surface area contributed by atoms with Crippen molar-refractivity contribution in [2.75, 3.05) is 12.3 Å². The summed E-state index contributed by atoms with van der Waals surface area (Å²) in [5.41, 5.74) is 0.845. The Morgan fingerprint density at radius 1 is 1.26 bits per heavy atom. The molecular weight excluding hydrogens is 312 g/mol. The number of carbonyl (C=O) groups is 2. The molecule has 1 aromatic heterocycles. The van der Waals surface area contributed by atoms with Gasteiger partial charge in [-0.05, 0) is 19.4 Å². The molecule has 7 heteroatoms. The fourth-order valence-electron chi connectivity index (χ4n) is 1.98. The number of rotatable bonds is 7. The minimum Gasteiger partial charge on any atom is -0.354 e. The summed E-state index contributed by atoms with van der Waals surface area (Å²) < 4.78 is 0. The third-order valence-corrected chi connectivity index (χ3v) is 4.17. The van der Waals surface area contributed by atoms with Gasteiger partial charge >= 0.3 is 0 Å². The maximum absolute atomic E-state index is 12.0. The lowest BCUT2D eigenvalue weighted by Gasteiger charge is -2.13. The van der Waals surface area contributed by atoms with Crippen molar-refractivity contribution in [2.24, 2.45) is 0 Å². The van der Waals surface area contributed by atoms with E-state index in [-0.39, 0.29) is 17.6 Å². The SMILES string of the molecule is CCCNC(=O)[C@@H](C)NC(=O)CSc1ncnc2ccccc12. The Balaban J connectivity index is 1.90. The van der Waals surface area contributed by atoms with E-state index >= 15 is 0 Å². The van der Waals surface area contributed by atoms with Gasteiger partial charge in [0, 0.05) is 11.9 Å². The van der Waals surface area contributed by atoms with E-state index in [1.54, 1.807) is 6.92 Å².